The second-order valence-corrected chi connectivity index (χ2v) is 6.72. The summed E-state index contributed by atoms with van der Waals surface area (Å²) in [5.41, 5.74) is 5.94. The molecule has 8 heteroatoms. The molecule has 0 radical (unpaired) electrons. The van der Waals surface area contributed by atoms with E-state index in [9.17, 15) is 8.42 Å². The highest BCUT2D eigenvalue weighted by Crippen LogP contribution is 2.27. The predicted molar refractivity (Wildman–Crippen MR) is 67.6 cm³/mol. The van der Waals surface area contributed by atoms with Gasteiger partial charge in [-0.25, -0.2) is 13.4 Å². The third kappa shape index (κ3) is 3.38. The molecule has 0 amide bonds. The van der Waals surface area contributed by atoms with Crippen molar-refractivity contribution in [1.82, 2.24) is 9.29 Å². The zero-order valence-corrected chi connectivity index (χ0v) is 11.8. The van der Waals surface area contributed by atoms with Crippen molar-refractivity contribution in [2.75, 3.05) is 32.5 Å². The number of hydrogen-bond donors (Lipinski definition) is 1. The van der Waals surface area contributed by atoms with E-state index >= 15 is 0 Å². The maximum Gasteiger partial charge on any atom is 0.254 e. The first-order valence-corrected chi connectivity index (χ1v) is 7.42. The number of thiazole rings is 1. The van der Waals surface area contributed by atoms with Gasteiger partial charge in [0.05, 0.1) is 12.3 Å². The molecule has 1 aromatic heterocycles. The molecule has 17 heavy (non-hydrogen) atoms. The van der Waals surface area contributed by atoms with Crippen molar-refractivity contribution in [1.29, 1.82) is 0 Å². The van der Waals surface area contributed by atoms with Gasteiger partial charge in [0.15, 0.2) is 9.34 Å². The lowest BCUT2D eigenvalue weighted by Gasteiger charge is -2.15. The van der Waals surface area contributed by atoms with E-state index in [4.69, 9.17) is 10.5 Å². The molecule has 0 aromatic carbocycles. The van der Waals surface area contributed by atoms with Crippen LogP contribution in [0.5, 0.6) is 0 Å². The van der Waals surface area contributed by atoms with E-state index in [1.807, 2.05) is 6.92 Å². The fourth-order valence-corrected chi connectivity index (χ4v) is 3.88. The molecular weight excluding hydrogens is 262 g/mol. The molecule has 0 saturated carbocycles. The molecule has 0 spiro atoms. The van der Waals surface area contributed by atoms with Crippen LogP contribution in [-0.4, -0.2) is 44.5 Å². The maximum atomic E-state index is 12.1. The van der Waals surface area contributed by atoms with E-state index in [0.717, 1.165) is 11.3 Å². The van der Waals surface area contributed by atoms with Gasteiger partial charge in [-0.15, -0.1) is 0 Å². The highest BCUT2D eigenvalue weighted by Gasteiger charge is 2.25. The quantitative estimate of drug-likeness (QED) is 0.774. The first kappa shape index (κ1) is 14.4. The average molecular weight is 279 g/mol. The summed E-state index contributed by atoms with van der Waals surface area (Å²) in [7, 11) is -1.98. The lowest BCUT2D eigenvalue weighted by atomic mass is 10.6. The molecule has 1 aromatic rings. The molecule has 0 fully saturated rings. The smallest absolute Gasteiger partial charge is 0.254 e. The van der Waals surface area contributed by atoms with Crippen LogP contribution in [0.3, 0.4) is 0 Å². The molecule has 1 heterocycles. The van der Waals surface area contributed by atoms with Crippen molar-refractivity contribution >= 4 is 26.5 Å². The Kier molecular flexibility index (Phi) is 4.87. The summed E-state index contributed by atoms with van der Waals surface area (Å²) in [5, 5.41) is 0.263. The number of anilines is 1. The van der Waals surface area contributed by atoms with Gasteiger partial charge in [-0.1, -0.05) is 11.3 Å². The van der Waals surface area contributed by atoms with Gasteiger partial charge in [0, 0.05) is 20.2 Å². The molecule has 0 unspecified atom stereocenters. The van der Waals surface area contributed by atoms with Crippen LogP contribution in [0.2, 0.25) is 0 Å². The zero-order valence-electron chi connectivity index (χ0n) is 10.1. The molecular formula is C9H17N3O3S2. The van der Waals surface area contributed by atoms with Crippen LogP contribution in [0.4, 0.5) is 5.13 Å². The normalized spacial score (nSPS) is 12.2. The summed E-state index contributed by atoms with van der Waals surface area (Å²) in [6, 6.07) is 0. The third-order valence-electron chi connectivity index (χ3n) is 2.17. The van der Waals surface area contributed by atoms with Gasteiger partial charge in [0.1, 0.15) is 0 Å². The predicted octanol–water partition coefficient (Wildman–Crippen LogP) is 0.691. The molecule has 6 nitrogen and oxygen atoms in total. The Labute approximate surface area is 105 Å². The highest BCUT2D eigenvalue weighted by atomic mass is 32.2. The Morgan fingerprint density at radius 2 is 2.18 bits per heavy atom. The number of nitrogens with two attached hydrogens (primary N) is 1. The van der Waals surface area contributed by atoms with Crippen LogP contribution in [0, 0.1) is 6.92 Å². The number of hydrogen-bond acceptors (Lipinski definition) is 6. The second kappa shape index (κ2) is 5.76. The summed E-state index contributed by atoms with van der Waals surface area (Å²) in [5.74, 6) is 0. The Morgan fingerprint density at radius 1 is 1.53 bits per heavy atom. The van der Waals surface area contributed by atoms with Gasteiger partial charge in [-0.05, 0) is 13.8 Å². The van der Waals surface area contributed by atoms with Crippen molar-refractivity contribution < 1.29 is 13.2 Å². The maximum absolute atomic E-state index is 12.1. The summed E-state index contributed by atoms with van der Waals surface area (Å²) in [6.45, 7) is 4.76. The van der Waals surface area contributed by atoms with Gasteiger partial charge >= 0.3 is 0 Å². The van der Waals surface area contributed by atoms with E-state index in [2.05, 4.69) is 4.98 Å². The van der Waals surface area contributed by atoms with Crippen LogP contribution in [-0.2, 0) is 14.8 Å². The first-order chi connectivity index (χ1) is 7.89. The van der Waals surface area contributed by atoms with Crippen molar-refractivity contribution in [2.24, 2.45) is 0 Å². The van der Waals surface area contributed by atoms with Gasteiger partial charge in [0.2, 0.25) is 0 Å². The number of rotatable bonds is 6. The number of ether oxygens (including phenoxy) is 1. The third-order valence-corrected chi connectivity index (χ3v) is 5.60. The Hall–Kier alpha value is -0.700. The molecule has 0 aliphatic heterocycles. The number of sulfonamides is 1. The van der Waals surface area contributed by atoms with E-state index in [1.165, 1.54) is 11.4 Å². The van der Waals surface area contributed by atoms with Crippen LogP contribution in [0.15, 0.2) is 4.21 Å². The largest absolute Gasteiger partial charge is 0.380 e. The molecule has 0 bridgehead atoms. The lowest BCUT2D eigenvalue weighted by molar-refractivity contribution is 0.138. The molecule has 0 aliphatic rings. The standard InChI is InChI=1S/C9H17N3O3S2/c1-4-15-6-5-12(3)17(13,14)8-7(2)11-9(10)16-8/h4-6H2,1-3H3,(H2,10,11). The fourth-order valence-electron chi connectivity index (χ4n) is 1.24. The summed E-state index contributed by atoms with van der Waals surface area (Å²) >= 11 is 0.985. The molecule has 0 saturated heterocycles. The Balaban J connectivity index is 2.84. The molecule has 1 rings (SSSR count). The van der Waals surface area contributed by atoms with Crippen molar-refractivity contribution in [3.63, 3.8) is 0 Å². The van der Waals surface area contributed by atoms with Crippen molar-refractivity contribution in [3.05, 3.63) is 5.69 Å². The van der Waals surface area contributed by atoms with Crippen molar-refractivity contribution in [2.45, 2.75) is 18.1 Å². The Morgan fingerprint density at radius 3 is 2.65 bits per heavy atom. The zero-order chi connectivity index (χ0) is 13.1. The fraction of sp³-hybridized carbons (Fsp3) is 0.667. The summed E-state index contributed by atoms with van der Waals surface area (Å²) in [6.07, 6.45) is 0. The number of nitrogens with zero attached hydrogens (tertiary/aromatic N) is 2. The Bertz CT molecular complexity index is 470. The SMILES string of the molecule is CCOCCN(C)S(=O)(=O)c1sc(N)nc1C. The molecule has 0 aliphatic carbocycles. The van der Waals surface area contributed by atoms with E-state index in [1.54, 1.807) is 6.92 Å². The number of likely N-dealkylation sites (N-methyl/N-ethyl adjacent to an activating group) is 1. The van der Waals surface area contributed by atoms with Gasteiger partial charge in [-0.3, -0.25) is 0 Å². The monoisotopic (exact) mass is 279 g/mol. The topological polar surface area (TPSA) is 85.5 Å². The number of aromatic nitrogens is 1. The summed E-state index contributed by atoms with van der Waals surface area (Å²) in [4.78, 5) is 3.92. The highest BCUT2D eigenvalue weighted by molar-refractivity contribution is 7.91. The molecule has 98 valence electrons. The molecule has 2 N–H and O–H groups in total. The molecule has 0 atom stereocenters. The van der Waals surface area contributed by atoms with E-state index < -0.39 is 10.0 Å². The van der Waals surface area contributed by atoms with Gasteiger partial charge in [0.25, 0.3) is 10.0 Å². The van der Waals surface area contributed by atoms with Gasteiger partial charge in [-0.2, -0.15) is 4.31 Å². The second-order valence-electron chi connectivity index (χ2n) is 3.45. The van der Waals surface area contributed by atoms with Crippen LogP contribution >= 0.6 is 11.3 Å². The van der Waals surface area contributed by atoms with Crippen molar-refractivity contribution in [3.8, 4) is 0 Å². The van der Waals surface area contributed by atoms with E-state index in [-0.39, 0.29) is 9.34 Å². The first-order valence-electron chi connectivity index (χ1n) is 5.16. The lowest BCUT2D eigenvalue weighted by Crippen LogP contribution is -2.30. The van der Waals surface area contributed by atoms with Crippen LogP contribution in [0.1, 0.15) is 12.6 Å². The minimum atomic E-state index is -3.50. The van der Waals surface area contributed by atoms with Crippen LogP contribution < -0.4 is 5.73 Å². The number of nitrogen functional groups attached to an aromatic ring is 1. The average Bonchev–Trinajstić information content (AvgIpc) is 2.58. The van der Waals surface area contributed by atoms with Crippen LogP contribution in [0.25, 0.3) is 0 Å². The number of aryl methyl sites for hydroxylation is 1. The minimum absolute atomic E-state index is 0.203. The van der Waals surface area contributed by atoms with E-state index in [0.29, 0.717) is 25.5 Å². The summed E-state index contributed by atoms with van der Waals surface area (Å²) < 4.78 is 30.9. The van der Waals surface area contributed by atoms with Gasteiger partial charge < -0.3 is 10.5 Å². The minimum Gasteiger partial charge on any atom is -0.380 e.